The van der Waals surface area contributed by atoms with Crippen molar-refractivity contribution in [1.82, 2.24) is 14.2 Å². The molecule has 0 radical (unpaired) electrons. The molecule has 0 aliphatic rings. The second-order valence-corrected chi connectivity index (χ2v) is 8.91. The summed E-state index contributed by atoms with van der Waals surface area (Å²) in [4.78, 5) is 18.3. The van der Waals surface area contributed by atoms with Crippen LogP contribution in [0.2, 0.25) is 5.02 Å². The fraction of sp³-hybridized carbons (Fsp3) is 0.0333. The van der Waals surface area contributed by atoms with Gasteiger partial charge in [0.25, 0.3) is 5.56 Å². The van der Waals surface area contributed by atoms with Crippen molar-refractivity contribution in [2.45, 2.75) is 6.54 Å². The third-order valence-electron chi connectivity index (χ3n) is 6.22. The van der Waals surface area contributed by atoms with Crippen LogP contribution in [0.25, 0.3) is 33.2 Å². The van der Waals surface area contributed by atoms with Gasteiger partial charge in [-0.1, -0.05) is 90.5 Å². The highest BCUT2D eigenvalue weighted by Crippen LogP contribution is 2.24. The standard InChI is InChI=1S/C30H21ClN4O/c31-26-15-7-4-12-22(26)19-34-20-23(24-13-6-9-17-28(24)34)18-32-35-29(21-10-2-1-3-11-21)33-27-16-8-5-14-25(27)30(35)36/h1-18,20H,19H2. The van der Waals surface area contributed by atoms with Crippen molar-refractivity contribution in [1.29, 1.82) is 0 Å². The lowest BCUT2D eigenvalue weighted by molar-refractivity contribution is 0.826. The summed E-state index contributed by atoms with van der Waals surface area (Å²) in [6.45, 7) is 0.626. The highest BCUT2D eigenvalue weighted by molar-refractivity contribution is 6.31. The minimum Gasteiger partial charge on any atom is -0.342 e. The van der Waals surface area contributed by atoms with Crippen LogP contribution in [0.1, 0.15) is 11.1 Å². The maximum Gasteiger partial charge on any atom is 0.282 e. The zero-order valence-electron chi connectivity index (χ0n) is 19.3. The Bertz CT molecular complexity index is 1800. The summed E-state index contributed by atoms with van der Waals surface area (Å²) in [5.41, 5.74) is 4.24. The first-order valence-electron chi connectivity index (χ1n) is 11.6. The minimum atomic E-state index is -0.212. The van der Waals surface area contributed by atoms with Gasteiger partial charge in [0.15, 0.2) is 5.82 Å². The maximum absolute atomic E-state index is 13.5. The first kappa shape index (κ1) is 22.0. The molecular weight excluding hydrogens is 468 g/mol. The molecule has 2 aromatic heterocycles. The Morgan fingerprint density at radius 3 is 2.33 bits per heavy atom. The smallest absolute Gasteiger partial charge is 0.282 e. The fourth-order valence-corrected chi connectivity index (χ4v) is 4.64. The molecule has 4 aromatic carbocycles. The Morgan fingerprint density at radius 2 is 1.50 bits per heavy atom. The summed E-state index contributed by atoms with van der Waals surface area (Å²) in [5.74, 6) is 0.496. The topological polar surface area (TPSA) is 52.2 Å². The predicted molar refractivity (Wildman–Crippen MR) is 147 cm³/mol. The molecule has 6 aromatic rings. The number of rotatable bonds is 5. The van der Waals surface area contributed by atoms with E-state index in [1.165, 1.54) is 4.68 Å². The van der Waals surface area contributed by atoms with Crippen LogP contribution in [-0.2, 0) is 6.54 Å². The van der Waals surface area contributed by atoms with Crippen molar-refractivity contribution in [3.63, 3.8) is 0 Å². The van der Waals surface area contributed by atoms with Gasteiger partial charge >= 0.3 is 0 Å². The average Bonchev–Trinajstić information content (AvgIpc) is 3.27. The summed E-state index contributed by atoms with van der Waals surface area (Å²) >= 11 is 6.43. The molecule has 0 fully saturated rings. The van der Waals surface area contributed by atoms with Crippen LogP contribution in [-0.4, -0.2) is 20.4 Å². The number of nitrogens with zero attached hydrogens (tertiary/aromatic N) is 4. The first-order valence-corrected chi connectivity index (χ1v) is 12.0. The number of benzene rings is 4. The van der Waals surface area contributed by atoms with Crippen molar-refractivity contribution in [2.75, 3.05) is 0 Å². The molecule has 174 valence electrons. The lowest BCUT2D eigenvalue weighted by Gasteiger charge is -2.09. The van der Waals surface area contributed by atoms with E-state index in [0.717, 1.165) is 32.6 Å². The highest BCUT2D eigenvalue weighted by Gasteiger charge is 2.13. The third kappa shape index (κ3) is 4.00. The Labute approximate surface area is 212 Å². The van der Waals surface area contributed by atoms with Gasteiger partial charge in [-0.3, -0.25) is 4.79 Å². The number of aromatic nitrogens is 3. The van der Waals surface area contributed by atoms with Crippen LogP contribution in [0.3, 0.4) is 0 Å². The summed E-state index contributed by atoms with van der Waals surface area (Å²) in [5, 5.41) is 6.96. The van der Waals surface area contributed by atoms with E-state index < -0.39 is 0 Å². The van der Waals surface area contributed by atoms with Crippen LogP contribution < -0.4 is 5.56 Å². The van der Waals surface area contributed by atoms with Crippen LogP contribution in [0.5, 0.6) is 0 Å². The molecule has 0 aliphatic carbocycles. The van der Waals surface area contributed by atoms with E-state index in [1.54, 1.807) is 12.3 Å². The van der Waals surface area contributed by atoms with E-state index in [-0.39, 0.29) is 5.56 Å². The summed E-state index contributed by atoms with van der Waals surface area (Å²) in [7, 11) is 0. The third-order valence-corrected chi connectivity index (χ3v) is 6.58. The molecule has 0 spiro atoms. The van der Waals surface area contributed by atoms with Gasteiger partial charge < -0.3 is 4.57 Å². The molecule has 0 N–H and O–H groups in total. The summed E-state index contributed by atoms with van der Waals surface area (Å²) < 4.78 is 3.54. The Morgan fingerprint density at radius 1 is 0.806 bits per heavy atom. The van der Waals surface area contributed by atoms with E-state index in [1.807, 2.05) is 91.1 Å². The molecule has 6 rings (SSSR count). The molecule has 0 saturated carbocycles. The molecule has 5 nitrogen and oxygen atoms in total. The first-order chi connectivity index (χ1) is 17.7. The summed E-state index contributed by atoms with van der Waals surface area (Å²) in [6.07, 6.45) is 3.77. The summed E-state index contributed by atoms with van der Waals surface area (Å²) in [6, 6.07) is 33.0. The van der Waals surface area contributed by atoms with Crippen molar-refractivity contribution in [3.05, 3.63) is 136 Å². The van der Waals surface area contributed by atoms with Crippen LogP contribution in [0, 0.1) is 0 Å². The van der Waals surface area contributed by atoms with Gasteiger partial charge in [0.1, 0.15) is 0 Å². The number of halogens is 1. The second-order valence-electron chi connectivity index (χ2n) is 8.50. The Balaban J connectivity index is 1.49. The molecule has 0 bridgehead atoms. The van der Waals surface area contributed by atoms with Gasteiger partial charge in [0, 0.05) is 39.8 Å². The van der Waals surface area contributed by atoms with Crippen molar-refractivity contribution in [2.24, 2.45) is 5.10 Å². The van der Waals surface area contributed by atoms with Crippen molar-refractivity contribution in [3.8, 4) is 11.4 Å². The largest absolute Gasteiger partial charge is 0.342 e. The monoisotopic (exact) mass is 488 g/mol. The number of hydrogen-bond donors (Lipinski definition) is 0. The fourth-order valence-electron chi connectivity index (χ4n) is 4.44. The van der Waals surface area contributed by atoms with E-state index in [2.05, 4.69) is 21.8 Å². The van der Waals surface area contributed by atoms with Gasteiger partial charge in [-0.2, -0.15) is 9.78 Å². The van der Waals surface area contributed by atoms with Gasteiger partial charge in [-0.25, -0.2) is 4.98 Å². The molecule has 6 heteroatoms. The normalized spacial score (nSPS) is 11.6. The van der Waals surface area contributed by atoms with Crippen LogP contribution in [0.4, 0.5) is 0 Å². The van der Waals surface area contributed by atoms with Gasteiger partial charge in [-0.05, 0) is 29.8 Å². The lowest BCUT2D eigenvalue weighted by Crippen LogP contribution is -2.20. The van der Waals surface area contributed by atoms with E-state index >= 15 is 0 Å². The maximum atomic E-state index is 13.5. The van der Waals surface area contributed by atoms with Gasteiger partial charge in [-0.15, -0.1) is 0 Å². The van der Waals surface area contributed by atoms with Crippen LogP contribution in [0.15, 0.2) is 119 Å². The van der Waals surface area contributed by atoms with Crippen molar-refractivity contribution < 1.29 is 0 Å². The predicted octanol–water partition coefficient (Wildman–Crippen LogP) is 6.60. The molecule has 0 unspecified atom stereocenters. The molecule has 0 atom stereocenters. The SMILES string of the molecule is O=c1c2ccccc2nc(-c2ccccc2)n1N=Cc1cn(Cc2ccccc2Cl)c2ccccc12. The zero-order chi connectivity index (χ0) is 24.5. The van der Waals surface area contributed by atoms with Gasteiger partial charge in [0.2, 0.25) is 0 Å². The highest BCUT2D eigenvalue weighted by atomic mass is 35.5. The molecule has 2 heterocycles. The van der Waals surface area contributed by atoms with E-state index in [4.69, 9.17) is 16.6 Å². The molecule has 36 heavy (non-hydrogen) atoms. The zero-order valence-corrected chi connectivity index (χ0v) is 20.0. The lowest BCUT2D eigenvalue weighted by atomic mass is 10.2. The van der Waals surface area contributed by atoms with Gasteiger partial charge in [0.05, 0.1) is 17.1 Å². The van der Waals surface area contributed by atoms with Crippen LogP contribution >= 0.6 is 11.6 Å². The Hall–Kier alpha value is -4.48. The van der Waals surface area contributed by atoms with E-state index in [0.29, 0.717) is 23.3 Å². The number of hydrogen-bond acceptors (Lipinski definition) is 3. The molecular formula is C30H21ClN4O. The number of fused-ring (bicyclic) bond motifs is 2. The second kappa shape index (κ2) is 9.29. The van der Waals surface area contributed by atoms with Crippen molar-refractivity contribution >= 4 is 39.6 Å². The van der Waals surface area contributed by atoms with E-state index in [9.17, 15) is 4.79 Å². The molecule has 0 amide bonds. The molecule has 0 saturated heterocycles. The Kier molecular flexibility index (Phi) is 5.68. The average molecular weight is 489 g/mol. The quantitative estimate of drug-likeness (QED) is 0.257. The minimum absolute atomic E-state index is 0.212. The molecule has 0 aliphatic heterocycles. The number of para-hydroxylation sites is 2.